The number of carbonyl (C=O) groups excluding carboxylic acids is 2. The zero-order valence-electron chi connectivity index (χ0n) is 18.1. The van der Waals surface area contributed by atoms with Crippen molar-refractivity contribution in [1.29, 1.82) is 0 Å². The van der Waals surface area contributed by atoms with Crippen LogP contribution in [-0.2, 0) is 30.2 Å². The Balaban J connectivity index is 1.54. The maximum Gasteiger partial charge on any atom is 0.362 e. The Hall–Kier alpha value is -3.14. The van der Waals surface area contributed by atoms with E-state index in [4.69, 9.17) is 14.2 Å². The fraction of sp³-hybridized carbons (Fsp3) is 0.391. The summed E-state index contributed by atoms with van der Waals surface area (Å²) in [7, 11) is 2.26. The van der Waals surface area contributed by atoms with Crippen molar-refractivity contribution in [2.45, 2.75) is 38.1 Å². The number of hydrogen-bond donors (Lipinski definition) is 2. The fourth-order valence-corrected chi connectivity index (χ4v) is 3.22. The lowest BCUT2D eigenvalue weighted by Crippen LogP contribution is -2.40. The van der Waals surface area contributed by atoms with E-state index in [2.05, 4.69) is 14.8 Å². The number of nitrogens with one attached hydrogen (secondary N) is 1. The van der Waals surface area contributed by atoms with Gasteiger partial charge in [-0.15, -0.1) is 0 Å². The molecule has 0 amide bonds. The number of ether oxygens (including phenoxy) is 5. The third kappa shape index (κ3) is 5.97. The molecule has 0 aromatic heterocycles. The summed E-state index contributed by atoms with van der Waals surface area (Å²) in [5, 5.41) is 13.6. The van der Waals surface area contributed by atoms with Gasteiger partial charge in [0, 0.05) is 12.6 Å². The van der Waals surface area contributed by atoms with Gasteiger partial charge in [0.2, 0.25) is 0 Å². The topological polar surface area (TPSA) is 113 Å². The maximum atomic E-state index is 11.8. The summed E-state index contributed by atoms with van der Waals surface area (Å²) in [6.45, 7) is 1.15. The highest BCUT2D eigenvalue weighted by Gasteiger charge is 2.37. The lowest BCUT2D eigenvalue weighted by Gasteiger charge is -2.17. The van der Waals surface area contributed by atoms with Gasteiger partial charge in [-0.2, -0.15) is 0 Å². The first-order chi connectivity index (χ1) is 15.4. The lowest BCUT2D eigenvalue weighted by atomic mass is 10.1. The van der Waals surface area contributed by atoms with Gasteiger partial charge in [-0.1, -0.05) is 36.4 Å². The SMILES string of the molecule is COC(=O)C(O[C@@H]1Oc2ccc(C[C@@H](C)NC[C@H](O)c3ccccc3)cc2O1)C(=O)OC. The predicted molar refractivity (Wildman–Crippen MR) is 113 cm³/mol. The van der Waals surface area contributed by atoms with Crippen molar-refractivity contribution >= 4 is 11.9 Å². The Kier molecular flexibility index (Phi) is 8.04. The molecular weight excluding hydrogens is 418 g/mol. The van der Waals surface area contributed by atoms with Gasteiger partial charge < -0.3 is 29.4 Å². The van der Waals surface area contributed by atoms with Crippen molar-refractivity contribution in [2.24, 2.45) is 0 Å². The van der Waals surface area contributed by atoms with Crippen molar-refractivity contribution in [3.63, 3.8) is 0 Å². The number of aliphatic hydroxyl groups excluding tert-OH is 1. The van der Waals surface area contributed by atoms with Crippen molar-refractivity contribution in [1.82, 2.24) is 5.32 Å². The largest absolute Gasteiger partial charge is 0.467 e. The summed E-state index contributed by atoms with van der Waals surface area (Å²) in [5.74, 6) is -0.985. The van der Waals surface area contributed by atoms with E-state index in [1.54, 1.807) is 12.1 Å². The second-order valence-corrected chi connectivity index (χ2v) is 7.31. The van der Waals surface area contributed by atoms with E-state index in [1.807, 2.05) is 43.3 Å². The predicted octanol–water partition coefficient (Wildman–Crippen LogP) is 1.73. The second kappa shape index (κ2) is 10.9. The van der Waals surface area contributed by atoms with Gasteiger partial charge in [0.25, 0.3) is 6.10 Å². The Morgan fingerprint density at radius 2 is 1.69 bits per heavy atom. The van der Waals surface area contributed by atoms with Gasteiger partial charge in [0.05, 0.1) is 20.3 Å². The van der Waals surface area contributed by atoms with Crippen LogP contribution in [0.15, 0.2) is 48.5 Å². The molecule has 0 unspecified atom stereocenters. The van der Waals surface area contributed by atoms with Gasteiger partial charge in [-0.05, 0) is 36.6 Å². The van der Waals surface area contributed by atoms with Gasteiger partial charge in [-0.25, -0.2) is 9.59 Å². The molecular formula is C23H27NO8. The Morgan fingerprint density at radius 3 is 2.34 bits per heavy atom. The van der Waals surface area contributed by atoms with Crippen LogP contribution in [0, 0.1) is 0 Å². The summed E-state index contributed by atoms with van der Waals surface area (Å²) in [6.07, 6.45) is -1.54. The van der Waals surface area contributed by atoms with E-state index in [0.29, 0.717) is 24.5 Å². The van der Waals surface area contributed by atoms with Crippen LogP contribution in [0.25, 0.3) is 0 Å². The van der Waals surface area contributed by atoms with Gasteiger partial charge in [0.1, 0.15) is 0 Å². The van der Waals surface area contributed by atoms with Crippen LogP contribution in [0.5, 0.6) is 11.5 Å². The number of benzene rings is 2. The summed E-state index contributed by atoms with van der Waals surface area (Å²) in [4.78, 5) is 23.5. The van der Waals surface area contributed by atoms with E-state index in [1.165, 1.54) is 0 Å². The normalized spacial score (nSPS) is 16.5. The first-order valence-corrected chi connectivity index (χ1v) is 10.1. The molecule has 0 radical (unpaired) electrons. The molecule has 9 nitrogen and oxygen atoms in total. The molecule has 3 rings (SSSR count). The van der Waals surface area contributed by atoms with Gasteiger partial charge in [0.15, 0.2) is 11.5 Å². The molecule has 3 atom stereocenters. The maximum absolute atomic E-state index is 11.8. The Labute approximate surface area is 186 Å². The van der Waals surface area contributed by atoms with E-state index >= 15 is 0 Å². The highest BCUT2D eigenvalue weighted by Crippen LogP contribution is 2.36. The molecule has 0 bridgehead atoms. The van der Waals surface area contributed by atoms with Crippen molar-refractivity contribution in [2.75, 3.05) is 20.8 Å². The van der Waals surface area contributed by atoms with Gasteiger partial charge >= 0.3 is 18.4 Å². The molecule has 2 aromatic carbocycles. The third-order valence-electron chi connectivity index (χ3n) is 4.92. The number of aliphatic hydroxyl groups is 1. The molecule has 1 aliphatic heterocycles. The van der Waals surface area contributed by atoms with Crippen molar-refractivity contribution in [3.8, 4) is 11.5 Å². The van der Waals surface area contributed by atoms with Crippen LogP contribution >= 0.6 is 0 Å². The number of hydrogen-bond acceptors (Lipinski definition) is 9. The number of esters is 2. The molecule has 2 N–H and O–H groups in total. The fourth-order valence-electron chi connectivity index (χ4n) is 3.22. The average Bonchev–Trinajstić information content (AvgIpc) is 3.22. The van der Waals surface area contributed by atoms with Crippen LogP contribution < -0.4 is 14.8 Å². The third-order valence-corrected chi connectivity index (χ3v) is 4.92. The molecule has 0 spiro atoms. The van der Waals surface area contributed by atoms with E-state index in [0.717, 1.165) is 25.3 Å². The summed E-state index contributed by atoms with van der Waals surface area (Å²) >= 11 is 0. The minimum absolute atomic E-state index is 0.0869. The molecule has 1 aliphatic rings. The Bertz CT molecular complexity index is 903. The molecule has 0 saturated heterocycles. The lowest BCUT2D eigenvalue weighted by molar-refractivity contribution is -0.221. The van der Waals surface area contributed by atoms with E-state index in [-0.39, 0.29) is 6.04 Å². The molecule has 172 valence electrons. The van der Waals surface area contributed by atoms with Crippen LogP contribution in [0.4, 0.5) is 0 Å². The highest BCUT2D eigenvalue weighted by atomic mass is 16.9. The monoisotopic (exact) mass is 445 g/mol. The molecule has 1 heterocycles. The standard InChI is InChI=1S/C23H27NO8/c1-14(24-13-17(25)16-7-5-4-6-8-16)11-15-9-10-18-19(12-15)31-23(30-18)32-20(21(26)28-2)22(27)29-3/h4-10,12,14,17,20,23-25H,11,13H2,1-3H3/t14-,17+,23-/m1/s1. The summed E-state index contributed by atoms with van der Waals surface area (Å²) in [6, 6.07) is 15.0. The van der Waals surface area contributed by atoms with Crippen molar-refractivity contribution in [3.05, 3.63) is 59.7 Å². The average molecular weight is 445 g/mol. The Morgan fingerprint density at radius 1 is 1.03 bits per heavy atom. The molecule has 32 heavy (non-hydrogen) atoms. The van der Waals surface area contributed by atoms with Crippen LogP contribution in [0.2, 0.25) is 0 Å². The summed E-state index contributed by atoms with van der Waals surface area (Å²) < 4.78 is 25.5. The molecule has 0 saturated carbocycles. The van der Waals surface area contributed by atoms with Crippen LogP contribution in [-0.4, -0.2) is 56.4 Å². The molecule has 2 aromatic rings. The first kappa shape index (κ1) is 23.5. The number of methoxy groups -OCH3 is 2. The highest BCUT2D eigenvalue weighted by molar-refractivity contribution is 5.97. The molecule has 0 fully saturated rings. The minimum Gasteiger partial charge on any atom is -0.467 e. The smallest absolute Gasteiger partial charge is 0.362 e. The number of fused-ring (bicyclic) bond motifs is 1. The zero-order chi connectivity index (χ0) is 23.1. The second-order valence-electron chi connectivity index (χ2n) is 7.31. The number of rotatable bonds is 10. The van der Waals surface area contributed by atoms with Gasteiger partial charge in [-0.3, -0.25) is 4.74 Å². The quantitative estimate of drug-likeness (QED) is 0.417. The number of carbonyl (C=O) groups is 2. The zero-order valence-corrected chi connectivity index (χ0v) is 18.1. The van der Waals surface area contributed by atoms with Crippen LogP contribution in [0.1, 0.15) is 24.2 Å². The van der Waals surface area contributed by atoms with Crippen molar-refractivity contribution < 1.29 is 38.4 Å². The van der Waals surface area contributed by atoms with E-state index < -0.39 is 30.6 Å². The minimum atomic E-state index is -1.62. The van der Waals surface area contributed by atoms with Crippen LogP contribution in [0.3, 0.4) is 0 Å². The van der Waals surface area contributed by atoms with E-state index in [9.17, 15) is 14.7 Å². The molecule has 0 aliphatic carbocycles. The molecule has 9 heteroatoms. The first-order valence-electron chi connectivity index (χ1n) is 10.1. The summed E-state index contributed by atoms with van der Waals surface area (Å²) in [5.41, 5.74) is 1.83.